The number of anilines is 3. The van der Waals surface area contributed by atoms with Gasteiger partial charge in [0.25, 0.3) is 0 Å². The van der Waals surface area contributed by atoms with Gasteiger partial charge in [-0.2, -0.15) is 0 Å². The first-order chi connectivity index (χ1) is 18.8. The molecule has 0 unspecified atom stereocenters. The van der Waals surface area contributed by atoms with Crippen LogP contribution in [0.5, 0.6) is 5.75 Å². The number of allylic oxidation sites excluding steroid dienone is 2. The number of nitrogens with zero attached hydrogens (tertiary/aromatic N) is 3. The minimum atomic E-state index is -0.357. The van der Waals surface area contributed by atoms with Gasteiger partial charge in [0.1, 0.15) is 11.6 Å². The Bertz CT molecular complexity index is 1370. The number of halogens is 2. The predicted octanol–water partition coefficient (Wildman–Crippen LogP) is 7.33. The molecule has 6 rings (SSSR count). The van der Waals surface area contributed by atoms with E-state index in [1.807, 2.05) is 18.3 Å². The molecule has 0 radical (unpaired) electrons. The van der Waals surface area contributed by atoms with Crippen LogP contribution in [0.25, 0.3) is 5.57 Å². The molecular formula is C32H35F2N3O2. The van der Waals surface area contributed by atoms with Crippen molar-refractivity contribution in [2.45, 2.75) is 44.6 Å². The third-order valence-electron chi connectivity index (χ3n) is 8.40. The second kappa shape index (κ2) is 10.1. The van der Waals surface area contributed by atoms with Crippen molar-refractivity contribution < 1.29 is 18.6 Å². The summed E-state index contributed by atoms with van der Waals surface area (Å²) in [5.74, 6) is -0.177. The van der Waals surface area contributed by atoms with Crippen LogP contribution in [0.4, 0.5) is 25.8 Å². The summed E-state index contributed by atoms with van der Waals surface area (Å²) in [6.07, 6.45) is 7.65. The summed E-state index contributed by atoms with van der Waals surface area (Å²) >= 11 is 0. The molecular weight excluding hydrogens is 496 g/mol. The molecule has 2 aromatic carbocycles. The normalized spacial score (nSPS) is 19.8. The van der Waals surface area contributed by atoms with Crippen molar-refractivity contribution in [1.82, 2.24) is 0 Å². The van der Waals surface area contributed by atoms with E-state index >= 15 is 4.39 Å². The highest BCUT2D eigenvalue weighted by Crippen LogP contribution is 2.46. The second-order valence-corrected chi connectivity index (χ2v) is 11.1. The Balaban J connectivity index is 1.10. The van der Waals surface area contributed by atoms with E-state index in [1.54, 1.807) is 6.07 Å². The van der Waals surface area contributed by atoms with Crippen molar-refractivity contribution in [2.24, 2.45) is 5.92 Å². The summed E-state index contributed by atoms with van der Waals surface area (Å²) in [4.78, 5) is 6.27. The standard InChI is InChI=1S/C32H35F2N3O2/c1-20-5-4-12-36(20)25-8-9-32(29(34)15-25)39-19-23-10-13-35(14-11-23)31-17-30-26(16-28(31)33)21(2)27(22(3)38)18-37(30)24-6-7-24/h8-9,15-18,23-24,38H,1-7,10-14,19H2. The first kappa shape index (κ1) is 25.5. The Morgan fingerprint density at radius 1 is 0.974 bits per heavy atom. The molecule has 0 bridgehead atoms. The van der Waals surface area contributed by atoms with Gasteiger partial charge in [-0.15, -0.1) is 0 Å². The van der Waals surface area contributed by atoms with Gasteiger partial charge in [0.2, 0.25) is 0 Å². The predicted molar refractivity (Wildman–Crippen MR) is 153 cm³/mol. The maximum absolute atomic E-state index is 15.4. The van der Waals surface area contributed by atoms with Crippen LogP contribution in [-0.4, -0.2) is 37.4 Å². The van der Waals surface area contributed by atoms with E-state index in [0.29, 0.717) is 48.1 Å². The van der Waals surface area contributed by atoms with E-state index in [-0.39, 0.29) is 29.1 Å². The van der Waals surface area contributed by atoms with Crippen LogP contribution in [0.2, 0.25) is 0 Å². The third kappa shape index (κ3) is 4.90. The van der Waals surface area contributed by atoms with Gasteiger partial charge >= 0.3 is 0 Å². The maximum atomic E-state index is 15.4. The van der Waals surface area contributed by atoms with E-state index in [9.17, 15) is 9.50 Å². The van der Waals surface area contributed by atoms with E-state index < -0.39 is 0 Å². The van der Waals surface area contributed by atoms with Gasteiger partial charge in [0.05, 0.1) is 18.0 Å². The number of benzene rings is 2. The fourth-order valence-corrected chi connectivity index (χ4v) is 5.95. The minimum absolute atomic E-state index is 0.0570. The molecule has 5 nitrogen and oxygen atoms in total. The molecule has 3 fully saturated rings. The number of aliphatic hydroxyl groups excluding tert-OH is 1. The lowest BCUT2D eigenvalue weighted by molar-refractivity contribution is 0.215. The van der Waals surface area contributed by atoms with E-state index in [4.69, 9.17) is 4.74 Å². The molecule has 3 aliphatic heterocycles. The highest BCUT2D eigenvalue weighted by molar-refractivity contribution is 5.92. The average molecular weight is 532 g/mol. The largest absolute Gasteiger partial charge is 0.508 e. The van der Waals surface area contributed by atoms with Gasteiger partial charge in [-0.25, -0.2) is 8.78 Å². The molecule has 3 heterocycles. The fourth-order valence-electron chi connectivity index (χ4n) is 5.95. The summed E-state index contributed by atoms with van der Waals surface area (Å²) < 4.78 is 36.1. The van der Waals surface area contributed by atoms with Gasteiger partial charge in [-0.1, -0.05) is 19.7 Å². The number of hydrogen-bond donors (Lipinski definition) is 1. The molecule has 39 heavy (non-hydrogen) atoms. The van der Waals surface area contributed by atoms with E-state index in [2.05, 4.69) is 34.4 Å². The lowest BCUT2D eigenvalue weighted by Crippen LogP contribution is -2.36. The first-order valence-corrected chi connectivity index (χ1v) is 13.8. The van der Waals surface area contributed by atoms with Crippen molar-refractivity contribution >= 4 is 22.6 Å². The highest BCUT2D eigenvalue weighted by atomic mass is 19.1. The summed E-state index contributed by atoms with van der Waals surface area (Å²) in [5, 5.41) is 10.1. The molecule has 0 amide bonds. The Hall–Kier alpha value is -3.74. The Morgan fingerprint density at radius 2 is 1.74 bits per heavy atom. The Kier molecular flexibility index (Phi) is 6.61. The smallest absolute Gasteiger partial charge is 0.167 e. The molecule has 1 N–H and O–H groups in total. The van der Waals surface area contributed by atoms with Crippen LogP contribution < -0.4 is 19.4 Å². The van der Waals surface area contributed by atoms with Crippen LogP contribution in [-0.2, 0) is 0 Å². The summed E-state index contributed by atoms with van der Waals surface area (Å²) in [6, 6.07) is 8.93. The van der Waals surface area contributed by atoms with Gasteiger partial charge in [-0.3, -0.25) is 0 Å². The topological polar surface area (TPSA) is 39.2 Å². The average Bonchev–Trinajstić information content (AvgIpc) is 3.68. The van der Waals surface area contributed by atoms with Crippen molar-refractivity contribution in [1.29, 1.82) is 0 Å². The molecule has 0 atom stereocenters. The summed E-state index contributed by atoms with van der Waals surface area (Å²) in [7, 11) is 0. The molecule has 4 aliphatic rings. The molecule has 0 spiro atoms. The quantitative estimate of drug-likeness (QED) is 0.379. The van der Waals surface area contributed by atoms with Gasteiger partial charge in [0.15, 0.2) is 11.6 Å². The Labute approximate surface area is 229 Å². The lowest BCUT2D eigenvalue weighted by atomic mass is 9.92. The molecule has 1 aliphatic carbocycles. The highest BCUT2D eigenvalue weighted by Gasteiger charge is 2.35. The van der Waals surface area contributed by atoms with E-state index in [0.717, 1.165) is 62.1 Å². The van der Waals surface area contributed by atoms with Gasteiger partial charge in [0, 0.05) is 60.5 Å². The molecule has 0 aromatic heterocycles. The van der Waals surface area contributed by atoms with Crippen molar-refractivity contribution in [3.8, 4) is 5.75 Å². The number of ether oxygens (including phenoxy) is 1. The number of rotatable bonds is 7. The van der Waals surface area contributed by atoms with Crippen LogP contribution in [0, 0.1) is 17.6 Å². The Morgan fingerprint density at radius 3 is 2.38 bits per heavy atom. The molecule has 7 heteroatoms. The zero-order valence-corrected chi connectivity index (χ0v) is 22.3. The summed E-state index contributed by atoms with van der Waals surface area (Å²) in [6.45, 7) is 14.5. The van der Waals surface area contributed by atoms with Crippen LogP contribution in [0.15, 0.2) is 73.3 Å². The molecule has 204 valence electrons. The van der Waals surface area contributed by atoms with Gasteiger partial charge < -0.3 is 24.5 Å². The first-order valence-electron chi connectivity index (χ1n) is 13.8. The van der Waals surface area contributed by atoms with Crippen LogP contribution in [0.3, 0.4) is 0 Å². The minimum Gasteiger partial charge on any atom is -0.508 e. The number of aliphatic hydroxyl groups is 1. The van der Waals surface area contributed by atoms with Crippen molar-refractivity contribution in [3.05, 3.63) is 90.5 Å². The SMILES string of the molecule is C=C(O)C1=CN(C2CC2)c2cc(N3CCC(COc4ccc(N5CCCC5=C)cc4F)CC3)c(F)cc2C1=C. The van der Waals surface area contributed by atoms with E-state index in [1.165, 1.54) is 12.1 Å². The second-order valence-electron chi connectivity index (χ2n) is 11.1. The third-order valence-corrected chi connectivity index (χ3v) is 8.40. The van der Waals surface area contributed by atoms with Gasteiger partial charge in [-0.05, 0) is 74.3 Å². The summed E-state index contributed by atoms with van der Waals surface area (Å²) in [5.41, 5.74) is 5.17. The van der Waals surface area contributed by atoms with Crippen LogP contribution in [0.1, 0.15) is 44.1 Å². The number of fused-ring (bicyclic) bond motifs is 1. The molecule has 2 aromatic rings. The van der Waals surface area contributed by atoms with Crippen LogP contribution >= 0.6 is 0 Å². The van der Waals surface area contributed by atoms with Crippen molar-refractivity contribution in [2.75, 3.05) is 40.9 Å². The fraction of sp³-hybridized carbons (Fsp3) is 0.375. The number of piperidine rings is 1. The monoisotopic (exact) mass is 531 g/mol. The zero-order chi connectivity index (χ0) is 27.3. The van der Waals surface area contributed by atoms with Crippen molar-refractivity contribution in [3.63, 3.8) is 0 Å². The zero-order valence-electron chi connectivity index (χ0n) is 22.3. The maximum Gasteiger partial charge on any atom is 0.167 e. The molecule has 1 saturated carbocycles. The number of hydrogen-bond acceptors (Lipinski definition) is 5. The molecule has 2 saturated heterocycles. The lowest BCUT2D eigenvalue weighted by Gasteiger charge is -2.36.